The number of carbonyl (C=O) groups excluding carboxylic acids is 2. The molecule has 1 fully saturated rings. The van der Waals surface area contributed by atoms with E-state index in [1.165, 1.54) is 49.2 Å². The fourth-order valence-corrected chi connectivity index (χ4v) is 4.04. The number of hydrogen-bond acceptors (Lipinski definition) is 3. The SMILES string of the molecule is C1CCCCC1.NC(=O)c1ccc(-n2ccccc2=O)cc1.NC(=O)c1ccc2cc(Cl)ccc2c1. The van der Waals surface area contributed by atoms with Gasteiger partial charge in [-0.05, 0) is 65.4 Å². The van der Waals surface area contributed by atoms with Crippen molar-refractivity contribution in [2.75, 3.05) is 0 Å². The van der Waals surface area contributed by atoms with Crippen LogP contribution in [0.4, 0.5) is 0 Å². The summed E-state index contributed by atoms with van der Waals surface area (Å²) < 4.78 is 1.49. The number of nitrogens with zero attached hydrogens (tertiary/aromatic N) is 1. The summed E-state index contributed by atoms with van der Waals surface area (Å²) in [5, 5.41) is 2.65. The first-order valence-corrected chi connectivity index (χ1v) is 12.3. The van der Waals surface area contributed by atoms with Gasteiger partial charge in [0.2, 0.25) is 11.8 Å². The molecular formula is C29H30ClN3O3. The van der Waals surface area contributed by atoms with E-state index in [0.29, 0.717) is 21.8 Å². The summed E-state index contributed by atoms with van der Waals surface area (Å²) in [5.74, 6) is -0.895. The normalized spacial score (nSPS) is 12.5. The van der Waals surface area contributed by atoms with Crippen molar-refractivity contribution in [1.29, 1.82) is 0 Å². The van der Waals surface area contributed by atoms with Crippen molar-refractivity contribution in [2.24, 2.45) is 11.5 Å². The number of amides is 2. The molecule has 186 valence electrons. The minimum absolute atomic E-state index is 0.116. The van der Waals surface area contributed by atoms with E-state index in [2.05, 4.69) is 0 Å². The Bertz CT molecular complexity index is 1370. The molecule has 0 saturated heterocycles. The van der Waals surface area contributed by atoms with E-state index < -0.39 is 11.8 Å². The van der Waals surface area contributed by atoms with Gasteiger partial charge >= 0.3 is 0 Å². The Labute approximate surface area is 215 Å². The predicted molar refractivity (Wildman–Crippen MR) is 146 cm³/mol. The first-order valence-electron chi connectivity index (χ1n) is 11.9. The Kier molecular flexibility index (Phi) is 9.83. The highest BCUT2D eigenvalue weighted by Gasteiger charge is 2.02. The van der Waals surface area contributed by atoms with E-state index in [1.54, 1.807) is 60.8 Å². The molecule has 1 saturated carbocycles. The van der Waals surface area contributed by atoms with E-state index in [0.717, 1.165) is 10.8 Å². The van der Waals surface area contributed by atoms with Crippen molar-refractivity contribution >= 4 is 34.2 Å². The van der Waals surface area contributed by atoms with Crippen LogP contribution in [-0.2, 0) is 0 Å². The Balaban J connectivity index is 0.000000165. The van der Waals surface area contributed by atoms with Crippen LogP contribution in [-0.4, -0.2) is 16.4 Å². The van der Waals surface area contributed by atoms with E-state index >= 15 is 0 Å². The molecular weight excluding hydrogens is 474 g/mol. The smallest absolute Gasteiger partial charge is 0.255 e. The second-order valence-electron chi connectivity index (χ2n) is 8.51. The van der Waals surface area contributed by atoms with E-state index in [-0.39, 0.29) is 5.56 Å². The van der Waals surface area contributed by atoms with Gasteiger partial charge in [0.25, 0.3) is 5.56 Å². The quantitative estimate of drug-likeness (QED) is 0.365. The van der Waals surface area contributed by atoms with Crippen molar-refractivity contribution in [3.63, 3.8) is 0 Å². The maximum atomic E-state index is 11.5. The monoisotopic (exact) mass is 503 g/mol. The highest BCUT2D eigenvalue weighted by molar-refractivity contribution is 6.31. The first-order chi connectivity index (χ1) is 17.3. The predicted octanol–water partition coefficient (Wildman–Crippen LogP) is 5.87. The zero-order valence-corrected chi connectivity index (χ0v) is 20.8. The van der Waals surface area contributed by atoms with Gasteiger partial charge in [0, 0.05) is 34.1 Å². The van der Waals surface area contributed by atoms with Gasteiger partial charge in [0.15, 0.2) is 0 Å². The van der Waals surface area contributed by atoms with Gasteiger partial charge in [-0.3, -0.25) is 19.0 Å². The van der Waals surface area contributed by atoms with Crippen molar-refractivity contribution in [1.82, 2.24) is 4.57 Å². The molecule has 1 aliphatic carbocycles. The second-order valence-corrected chi connectivity index (χ2v) is 8.95. The number of nitrogens with two attached hydrogens (primary N) is 2. The summed E-state index contributed by atoms with van der Waals surface area (Å²) in [6.07, 6.45) is 10.7. The summed E-state index contributed by atoms with van der Waals surface area (Å²) in [6, 6.07) is 22.3. The Morgan fingerprint density at radius 3 is 1.75 bits per heavy atom. The molecule has 0 atom stereocenters. The fraction of sp³-hybridized carbons (Fsp3) is 0.207. The lowest BCUT2D eigenvalue weighted by atomic mass is 10.0. The van der Waals surface area contributed by atoms with Crippen LogP contribution in [0.25, 0.3) is 16.5 Å². The molecule has 6 nitrogen and oxygen atoms in total. The fourth-order valence-electron chi connectivity index (χ4n) is 3.86. The highest BCUT2D eigenvalue weighted by atomic mass is 35.5. The molecule has 7 heteroatoms. The third kappa shape index (κ3) is 7.82. The number of pyridine rings is 1. The molecule has 0 radical (unpaired) electrons. The summed E-state index contributed by atoms with van der Waals surface area (Å²) in [7, 11) is 0. The standard InChI is InChI=1S/C12H10N2O2.C11H8ClNO.C6H12/c13-12(16)9-4-6-10(7-5-9)14-8-2-1-3-11(14)15;12-10-4-3-7-5-9(11(13)14)2-1-8(7)6-10;1-2-4-6-5-3-1/h1-8H,(H2,13,16);1-6H,(H2,13,14);1-6H2. The number of aromatic nitrogens is 1. The molecule has 0 unspecified atom stereocenters. The molecule has 36 heavy (non-hydrogen) atoms. The molecule has 1 aromatic heterocycles. The lowest BCUT2D eigenvalue weighted by molar-refractivity contribution is 0.0992. The largest absolute Gasteiger partial charge is 0.366 e. The molecule has 0 bridgehead atoms. The Hall–Kier alpha value is -3.90. The molecule has 5 rings (SSSR count). The molecule has 4 aromatic rings. The number of hydrogen-bond donors (Lipinski definition) is 2. The van der Waals surface area contributed by atoms with Gasteiger partial charge in [-0.2, -0.15) is 0 Å². The number of carbonyl (C=O) groups is 2. The average Bonchev–Trinajstić information content (AvgIpc) is 2.90. The first kappa shape index (κ1) is 26.7. The lowest BCUT2D eigenvalue weighted by Crippen LogP contribution is -2.16. The van der Waals surface area contributed by atoms with Gasteiger partial charge in [-0.15, -0.1) is 0 Å². The van der Waals surface area contributed by atoms with Gasteiger partial charge < -0.3 is 11.5 Å². The van der Waals surface area contributed by atoms with Crippen molar-refractivity contribution in [3.05, 3.63) is 112 Å². The van der Waals surface area contributed by atoms with Crippen LogP contribution < -0.4 is 17.0 Å². The minimum atomic E-state index is -0.480. The van der Waals surface area contributed by atoms with E-state index in [4.69, 9.17) is 23.1 Å². The van der Waals surface area contributed by atoms with Crippen LogP contribution in [0.2, 0.25) is 5.02 Å². The van der Waals surface area contributed by atoms with Crippen LogP contribution in [0.1, 0.15) is 59.2 Å². The van der Waals surface area contributed by atoms with Gasteiger partial charge in [-0.1, -0.05) is 68.3 Å². The topological polar surface area (TPSA) is 108 Å². The molecule has 4 N–H and O–H groups in total. The van der Waals surface area contributed by atoms with Crippen LogP contribution in [0.3, 0.4) is 0 Å². The van der Waals surface area contributed by atoms with Crippen molar-refractivity contribution in [3.8, 4) is 5.69 Å². The number of benzene rings is 3. The number of fused-ring (bicyclic) bond motifs is 1. The van der Waals surface area contributed by atoms with Crippen LogP contribution in [0.5, 0.6) is 0 Å². The lowest BCUT2D eigenvalue weighted by Gasteiger charge is -2.05. The summed E-state index contributed by atoms with van der Waals surface area (Å²) in [4.78, 5) is 33.3. The third-order valence-corrected chi connectivity index (χ3v) is 6.07. The number of primary amides is 2. The second kappa shape index (κ2) is 13.3. The van der Waals surface area contributed by atoms with Crippen LogP contribution >= 0.6 is 11.6 Å². The van der Waals surface area contributed by atoms with Crippen molar-refractivity contribution in [2.45, 2.75) is 38.5 Å². The Morgan fingerprint density at radius 2 is 1.19 bits per heavy atom. The van der Waals surface area contributed by atoms with E-state index in [9.17, 15) is 14.4 Å². The molecule has 1 aliphatic rings. The Morgan fingerprint density at radius 1 is 0.667 bits per heavy atom. The minimum Gasteiger partial charge on any atom is -0.366 e. The molecule has 1 heterocycles. The molecule has 0 spiro atoms. The molecule has 0 aliphatic heterocycles. The molecule has 3 aromatic carbocycles. The van der Waals surface area contributed by atoms with Gasteiger partial charge in [-0.25, -0.2) is 0 Å². The summed E-state index contributed by atoms with van der Waals surface area (Å²) in [6.45, 7) is 0. The average molecular weight is 504 g/mol. The van der Waals surface area contributed by atoms with Gasteiger partial charge in [0.1, 0.15) is 0 Å². The highest BCUT2D eigenvalue weighted by Crippen LogP contribution is 2.20. The van der Waals surface area contributed by atoms with Gasteiger partial charge in [0.05, 0.1) is 0 Å². The maximum absolute atomic E-state index is 11.5. The zero-order chi connectivity index (χ0) is 25.9. The number of rotatable bonds is 3. The third-order valence-electron chi connectivity index (χ3n) is 5.84. The molecule has 2 amide bonds. The summed E-state index contributed by atoms with van der Waals surface area (Å²) in [5.41, 5.74) is 11.8. The summed E-state index contributed by atoms with van der Waals surface area (Å²) >= 11 is 5.83. The van der Waals surface area contributed by atoms with Crippen molar-refractivity contribution < 1.29 is 9.59 Å². The van der Waals surface area contributed by atoms with Crippen LogP contribution in [0, 0.1) is 0 Å². The van der Waals surface area contributed by atoms with Crippen LogP contribution in [0.15, 0.2) is 89.9 Å². The zero-order valence-electron chi connectivity index (χ0n) is 20.0. The number of halogens is 1. The maximum Gasteiger partial charge on any atom is 0.255 e. The van der Waals surface area contributed by atoms with E-state index in [1.807, 2.05) is 18.2 Å².